The summed E-state index contributed by atoms with van der Waals surface area (Å²) in [6.07, 6.45) is 0. The van der Waals surface area contributed by atoms with Gasteiger partial charge in [-0.15, -0.1) is 12.6 Å². The maximum absolute atomic E-state index is 11.2. The van der Waals surface area contributed by atoms with E-state index >= 15 is 0 Å². The Morgan fingerprint density at radius 1 is 1.25 bits per heavy atom. The zero-order valence-corrected chi connectivity index (χ0v) is 15.2. The van der Waals surface area contributed by atoms with Gasteiger partial charge < -0.3 is 19.8 Å². The monoisotopic (exact) mass is 349 g/mol. The lowest BCUT2D eigenvalue weighted by molar-refractivity contribution is -0.135. The van der Waals surface area contributed by atoms with Crippen molar-refractivity contribution in [3.63, 3.8) is 0 Å². The first-order chi connectivity index (χ1) is 11.5. The summed E-state index contributed by atoms with van der Waals surface area (Å²) in [6, 6.07) is 10.8. The molecule has 5 nitrogen and oxygen atoms in total. The van der Waals surface area contributed by atoms with Gasteiger partial charge in [0.05, 0.1) is 12.0 Å². The standard InChI is InChI=1S/C16H17NO4S.C2H6/c1-10-12(8-13(22)15(20)16(10)21-2)17(9-14(18)19)11-6-4-3-5-7-11;1-2/h3-8,20,22H,9H2,1-2H3,(H,18,19);1-2H3. The molecule has 0 aromatic heterocycles. The van der Waals surface area contributed by atoms with Gasteiger partial charge in [-0.3, -0.25) is 4.79 Å². The zero-order chi connectivity index (χ0) is 18.3. The summed E-state index contributed by atoms with van der Waals surface area (Å²) >= 11 is 4.23. The first-order valence-electron chi connectivity index (χ1n) is 7.59. The number of thiol groups is 1. The van der Waals surface area contributed by atoms with Crippen LogP contribution in [0.15, 0.2) is 41.3 Å². The number of nitrogens with zero attached hydrogens (tertiary/aromatic N) is 1. The normalized spacial score (nSPS) is 9.71. The van der Waals surface area contributed by atoms with E-state index in [0.717, 1.165) is 5.69 Å². The molecule has 0 spiro atoms. The third-order valence-corrected chi connectivity index (χ3v) is 3.65. The van der Waals surface area contributed by atoms with Crippen LogP contribution >= 0.6 is 12.6 Å². The second-order valence-electron chi connectivity index (χ2n) is 4.74. The Bertz CT molecular complexity index is 689. The minimum atomic E-state index is -0.962. The summed E-state index contributed by atoms with van der Waals surface area (Å²) in [5, 5.41) is 19.2. The molecule has 6 heteroatoms. The maximum atomic E-state index is 11.2. The summed E-state index contributed by atoms with van der Waals surface area (Å²) in [5.74, 6) is -0.736. The van der Waals surface area contributed by atoms with Gasteiger partial charge in [0.15, 0.2) is 11.5 Å². The molecule has 0 aliphatic heterocycles. The third kappa shape index (κ3) is 4.35. The highest BCUT2D eigenvalue weighted by atomic mass is 32.1. The van der Waals surface area contributed by atoms with Crippen molar-refractivity contribution < 1.29 is 19.7 Å². The molecular weight excluding hydrogens is 326 g/mol. The topological polar surface area (TPSA) is 70.0 Å². The van der Waals surface area contributed by atoms with Gasteiger partial charge in [0, 0.05) is 16.9 Å². The summed E-state index contributed by atoms with van der Waals surface area (Å²) in [5.41, 5.74) is 1.99. The number of anilines is 2. The van der Waals surface area contributed by atoms with Crippen molar-refractivity contribution in [1.82, 2.24) is 0 Å². The van der Waals surface area contributed by atoms with E-state index in [9.17, 15) is 15.0 Å². The summed E-state index contributed by atoms with van der Waals surface area (Å²) in [7, 11) is 1.45. The Balaban J connectivity index is 0.00000139. The molecule has 0 saturated carbocycles. The van der Waals surface area contributed by atoms with E-state index in [1.54, 1.807) is 17.9 Å². The Kier molecular flexibility index (Phi) is 7.45. The molecular formula is C18H23NO4S. The van der Waals surface area contributed by atoms with Crippen LogP contribution in [0.4, 0.5) is 11.4 Å². The fourth-order valence-electron chi connectivity index (χ4n) is 2.31. The zero-order valence-electron chi connectivity index (χ0n) is 14.3. The fraction of sp³-hybridized carbons (Fsp3) is 0.278. The van der Waals surface area contributed by atoms with Gasteiger partial charge in [0.1, 0.15) is 6.54 Å². The number of phenols is 1. The van der Waals surface area contributed by atoms with Gasteiger partial charge >= 0.3 is 5.97 Å². The number of hydrogen-bond donors (Lipinski definition) is 3. The molecule has 0 unspecified atom stereocenters. The van der Waals surface area contributed by atoms with Crippen molar-refractivity contribution in [2.45, 2.75) is 25.7 Å². The second-order valence-corrected chi connectivity index (χ2v) is 5.22. The van der Waals surface area contributed by atoms with Crippen molar-refractivity contribution in [2.75, 3.05) is 18.6 Å². The molecule has 0 aliphatic rings. The molecule has 0 amide bonds. The molecule has 24 heavy (non-hydrogen) atoms. The highest BCUT2D eigenvalue weighted by Crippen LogP contribution is 2.43. The molecule has 0 atom stereocenters. The molecule has 2 N–H and O–H groups in total. The van der Waals surface area contributed by atoms with Crippen LogP contribution in [0.2, 0.25) is 0 Å². The van der Waals surface area contributed by atoms with Crippen molar-refractivity contribution in [1.29, 1.82) is 0 Å². The van der Waals surface area contributed by atoms with E-state index < -0.39 is 5.97 Å². The van der Waals surface area contributed by atoms with E-state index in [4.69, 9.17) is 4.74 Å². The molecule has 0 heterocycles. The van der Waals surface area contributed by atoms with Crippen LogP contribution in [0.1, 0.15) is 19.4 Å². The van der Waals surface area contributed by atoms with Crippen molar-refractivity contribution in [3.05, 3.63) is 42.0 Å². The number of methoxy groups -OCH3 is 1. The number of aliphatic carboxylic acids is 1. The molecule has 130 valence electrons. The molecule has 2 rings (SSSR count). The number of rotatable bonds is 5. The number of carboxylic acid groups (broad SMARTS) is 1. The van der Waals surface area contributed by atoms with Gasteiger partial charge in [0.25, 0.3) is 0 Å². The molecule has 0 fully saturated rings. The van der Waals surface area contributed by atoms with Crippen LogP contribution in [0.3, 0.4) is 0 Å². The average Bonchev–Trinajstić information content (AvgIpc) is 2.59. The number of carboxylic acids is 1. The lowest BCUT2D eigenvalue weighted by atomic mass is 10.1. The minimum absolute atomic E-state index is 0.0598. The van der Waals surface area contributed by atoms with Gasteiger partial charge in [-0.2, -0.15) is 0 Å². The number of carbonyl (C=O) groups is 1. The molecule has 2 aromatic rings. The van der Waals surface area contributed by atoms with E-state index in [1.807, 2.05) is 44.2 Å². The Labute approximate surface area is 147 Å². The van der Waals surface area contributed by atoms with Gasteiger partial charge in [-0.1, -0.05) is 32.0 Å². The molecule has 0 saturated heterocycles. The van der Waals surface area contributed by atoms with Gasteiger partial charge in [-0.25, -0.2) is 0 Å². The van der Waals surface area contributed by atoms with Gasteiger partial charge in [0.2, 0.25) is 0 Å². The lowest BCUT2D eigenvalue weighted by Crippen LogP contribution is -2.25. The largest absolute Gasteiger partial charge is 0.503 e. The fourth-order valence-corrected chi connectivity index (χ4v) is 2.53. The number of phenolic OH excluding ortho intramolecular Hbond substituents is 1. The Morgan fingerprint density at radius 3 is 2.33 bits per heavy atom. The van der Waals surface area contributed by atoms with E-state index in [1.165, 1.54) is 7.11 Å². The summed E-state index contributed by atoms with van der Waals surface area (Å²) < 4.78 is 5.22. The van der Waals surface area contributed by atoms with E-state index in [-0.39, 0.29) is 18.0 Å². The number of ether oxygens (including phenoxy) is 1. The van der Waals surface area contributed by atoms with Crippen molar-refractivity contribution >= 4 is 30.0 Å². The smallest absolute Gasteiger partial charge is 0.323 e. The van der Waals surface area contributed by atoms with Crippen molar-refractivity contribution in [3.8, 4) is 11.5 Å². The number of para-hydroxylation sites is 1. The van der Waals surface area contributed by atoms with Crippen molar-refractivity contribution in [2.24, 2.45) is 0 Å². The molecule has 0 bridgehead atoms. The average molecular weight is 349 g/mol. The summed E-state index contributed by atoms with van der Waals surface area (Å²) in [4.78, 5) is 13.2. The minimum Gasteiger partial charge on any atom is -0.503 e. The van der Waals surface area contributed by atoms with Crippen LogP contribution < -0.4 is 9.64 Å². The molecule has 2 aromatic carbocycles. The van der Waals surface area contributed by atoms with E-state index in [0.29, 0.717) is 16.1 Å². The Morgan fingerprint density at radius 2 is 1.83 bits per heavy atom. The first-order valence-corrected chi connectivity index (χ1v) is 8.04. The SMILES string of the molecule is CC.COc1c(C)c(N(CC(=O)O)c2ccccc2)cc(S)c1O. The van der Waals surface area contributed by atoms with Crippen LogP contribution in [0.5, 0.6) is 11.5 Å². The molecule has 0 aliphatic carbocycles. The third-order valence-electron chi connectivity index (χ3n) is 3.31. The number of hydrogen-bond acceptors (Lipinski definition) is 5. The van der Waals surface area contributed by atoms with Crippen LogP contribution in [0, 0.1) is 6.92 Å². The van der Waals surface area contributed by atoms with Crippen LogP contribution in [-0.2, 0) is 4.79 Å². The van der Waals surface area contributed by atoms with Crippen LogP contribution in [0.25, 0.3) is 0 Å². The quantitative estimate of drug-likeness (QED) is 0.704. The number of benzene rings is 2. The Hall–Kier alpha value is -2.34. The summed E-state index contributed by atoms with van der Waals surface area (Å²) in [6.45, 7) is 5.55. The highest BCUT2D eigenvalue weighted by Gasteiger charge is 2.21. The highest BCUT2D eigenvalue weighted by molar-refractivity contribution is 7.80. The predicted molar refractivity (Wildman–Crippen MR) is 99.1 cm³/mol. The van der Waals surface area contributed by atoms with Gasteiger partial charge in [-0.05, 0) is 25.1 Å². The maximum Gasteiger partial charge on any atom is 0.323 e. The lowest BCUT2D eigenvalue weighted by Gasteiger charge is -2.26. The van der Waals surface area contributed by atoms with E-state index in [2.05, 4.69) is 12.6 Å². The predicted octanol–water partition coefficient (Wildman–Crippen LogP) is 4.25. The first kappa shape index (κ1) is 19.7. The number of aromatic hydroxyl groups is 1. The molecule has 0 radical (unpaired) electrons. The second kappa shape index (κ2) is 9.08. The van der Waals surface area contributed by atoms with Crippen LogP contribution in [-0.4, -0.2) is 29.8 Å².